The molecule has 96 valence electrons. The van der Waals surface area contributed by atoms with Crippen molar-refractivity contribution in [3.05, 3.63) is 0 Å². The van der Waals surface area contributed by atoms with Gasteiger partial charge in [-0.2, -0.15) is 0 Å². The van der Waals surface area contributed by atoms with Crippen LogP contribution in [0, 0.1) is 0 Å². The highest BCUT2D eigenvalue weighted by Gasteiger charge is 2.16. The van der Waals surface area contributed by atoms with E-state index in [-0.39, 0.29) is 24.2 Å². The summed E-state index contributed by atoms with van der Waals surface area (Å²) in [6.07, 6.45) is 1.16. The van der Waals surface area contributed by atoms with Crippen LogP contribution >= 0.6 is 0 Å². The quantitative estimate of drug-likeness (QED) is 0.599. The van der Waals surface area contributed by atoms with Crippen molar-refractivity contribution in [2.45, 2.75) is 25.5 Å². The second-order valence-corrected chi connectivity index (χ2v) is 6.08. The van der Waals surface area contributed by atoms with E-state index in [1.54, 1.807) is 7.11 Å². The lowest BCUT2D eigenvalue weighted by Crippen LogP contribution is -2.44. The molecule has 16 heavy (non-hydrogen) atoms. The number of hydrogen-bond donors (Lipinski definition) is 2. The smallest absolute Gasteiger partial charge is 0.237 e. The molecular formula is C9H20N2O4S. The summed E-state index contributed by atoms with van der Waals surface area (Å²) in [6, 6.07) is -0.793. The molecule has 0 spiro atoms. The van der Waals surface area contributed by atoms with Crippen LogP contribution in [-0.2, 0) is 19.4 Å². The Labute approximate surface area is 96.4 Å². The lowest BCUT2D eigenvalue weighted by atomic mass is 10.2. The number of methoxy groups -OCH3 is 1. The van der Waals surface area contributed by atoms with Gasteiger partial charge in [0.25, 0.3) is 0 Å². The molecule has 6 nitrogen and oxygen atoms in total. The first-order chi connectivity index (χ1) is 7.26. The number of amides is 1. The molecule has 0 aliphatic rings. The van der Waals surface area contributed by atoms with Crippen molar-refractivity contribution < 1.29 is 17.9 Å². The van der Waals surface area contributed by atoms with Crippen LogP contribution in [0.1, 0.15) is 13.3 Å². The van der Waals surface area contributed by atoms with E-state index in [0.29, 0.717) is 6.54 Å². The molecule has 3 N–H and O–H groups in total. The predicted molar refractivity (Wildman–Crippen MR) is 61.8 cm³/mol. The zero-order valence-electron chi connectivity index (χ0n) is 9.89. The maximum absolute atomic E-state index is 11.4. The fourth-order valence-electron chi connectivity index (χ4n) is 0.931. The van der Waals surface area contributed by atoms with Gasteiger partial charge in [0, 0.05) is 19.9 Å². The summed E-state index contributed by atoms with van der Waals surface area (Å²) in [6.45, 7) is 2.17. The second-order valence-electron chi connectivity index (χ2n) is 3.82. The van der Waals surface area contributed by atoms with Gasteiger partial charge < -0.3 is 15.8 Å². The zero-order valence-corrected chi connectivity index (χ0v) is 10.7. The number of hydrogen-bond acceptors (Lipinski definition) is 5. The molecule has 0 bridgehead atoms. The Balaban J connectivity index is 3.91. The minimum atomic E-state index is -3.07. The van der Waals surface area contributed by atoms with E-state index in [0.717, 1.165) is 6.26 Å². The van der Waals surface area contributed by atoms with E-state index in [1.165, 1.54) is 0 Å². The van der Waals surface area contributed by atoms with Gasteiger partial charge in [-0.15, -0.1) is 0 Å². The summed E-state index contributed by atoms with van der Waals surface area (Å²) in [5.74, 6) is -0.436. The fourth-order valence-corrected chi connectivity index (χ4v) is 1.61. The second kappa shape index (κ2) is 6.82. The Morgan fingerprint density at radius 2 is 2.06 bits per heavy atom. The first-order valence-corrected chi connectivity index (χ1v) is 7.06. The van der Waals surface area contributed by atoms with Crippen molar-refractivity contribution in [1.82, 2.24) is 5.32 Å². The van der Waals surface area contributed by atoms with E-state index in [2.05, 4.69) is 5.32 Å². The molecule has 0 aromatic rings. The van der Waals surface area contributed by atoms with Crippen molar-refractivity contribution in [3.8, 4) is 0 Å². The number of nitrogens with one attached hydrogen (secondary N) is 1. The molecule has 0 heterocycles. The topological polar surface area (TPSA) is 98.5 Å². The lowest BCUT2D eigenvalue weighted by molar-refractivity contribution is -0.122. The molecule has 0 aromatic heterocycles. The van der Waals surface area contributed by atoms with Gasteiger partial charge >= 0.3 is 0 Å². The summed E-state index contributed by atoms with van der Waals surface area (Å²) in [5.41, 5.74) is 5.53. The fraction of sp³-hybridized carbons (Fsp3) is 0.889. The van der Waals surface area contributed by atoms with Crippen molar-refractivity contribution in [2.24, 2.45) is 5.73 Å². The van der Waals surface area contributed by atoms with Crippen molar-refractivity contribution >= 4 is 15.7 Å². The predicted octanol–water partition coefficient (Wildman–Crippen LogP) is -1.10. The number of nitrogens with two attached hydrogens (primary N) is 1. The van der Waals surface area contributed by atoms with Crippen LogP contribution in [0.3, 0.4) is 0 Å². The third-order valence-electron chi connectivity index (χ3n) is 2.10. The van der Waals surface area contributed by atoms with Gasteiger partial charge in [0.15, 0.2) is 0 Å². The number of rotatable bonds is 7. The van der Waals surface area contributed by atoms with E-state index in [4.69, 9.17) is 10.5 Å². The Hall–Kier alpha value is -0.660. The van der Waals surface area contributed by atoms with Crippen LogP contribution in [0.2, 0.25) is 0 Å². The molecule has 0 aliphatic heterocycles. The first-order valence-electron chi connectivity index (χ1n) is 5.00. The van der Waals surface area contributed by atoms with Gasteiger partial charge in [0.1, 0.15) is 9.84 Å². The van der Waals surface area contributed by atoms with E-state index >= 15 is 0 Å². The van der Waals surface area contributed by atoms with Gasteiger partial charge in [0.05, 0.1) is 17.9 Å². The maximum Gasteiger partial charge on any atom is 0.237 e. The van der Waals surface area contributed by atoms with E-state index < -0.39 is 15.9 Å². The summed E-state index contributed by atoms with van der Waals surface area (Å²) < 4.78 is 26.7. The van der Waals surface area contributed by atoms with E-state index in [1.807, 2.05) is 6.92 Å². The molecule has 0 saturated heterocycles. The van der Waals surface area contributed by atoms with Gasteiger partial charge in [-0.05, 0) is 13.3 Å². The molecule has 1 amide bonds. The maximum atomic E-state index is 11.4. The first kappa shape index (κ1) is 15.3. The Kier molecular flexibility index (Phi) is 6.54. The van der Waals surface area contributed by atoms with Crippen LogP contribution < -0.4 is 11.1 Å². The van der Waals surface area contributed by atoms with Crippen LogP contribution in [0.5, 0.6) is 0 Å². The highest BCUT2D eigenvalue weighted by atomic mass is 32.2. The normalized spacial score (nSPS) is 15.5. The van der Waals surface area contributed by atoms with Crippen LogP contribution in [0.15, 0.2) is 0 Å². The molecular weight excluding hydrogens is 232 g/mol. The average molecular weight is 252 g/mol. The summed E-state index contributed by atoms with van der Waals surface area (Å²) >= 11 is 0. The third-order valence-corrected chi connectivity index (χ3v) is 3.08. The molecule has 0 rings (SSSR count). The number of carbonyl (C=O) groups excluding carboxylic acids is 1. The Morgan fingerprint density at radius 1 is 1.50 bits per heavy atom. The molecule has 0 aliphatic carbocycles. The van der Waals surface area contributed by atoms with Crippen LogP contribution in [-0.4, -0.2) is 52.1 Å². The minimum absolute atomic E-state index is 0.0819. The molecule has 0 radical (unpaired) electrons. The summed E-state index contributed by atoms with van der Waals surface area (Å²) in [7, 11) is -1.53. The monoisotopic (exact) mass is 252 g/mol. The van der Waals surface area contributed by atoms with Gasteiger partial charge in [-0.3, -0.25) is 4.79 Å². The van der Waals surface area contributed by atoms with Crippen LogP contribution in [0.4, 0.5) is 0 Å². The third kappa shape index (κ3) is 7.61. The lowest BCUT2D eigenvalue weighted by Gasteiger charge is -2.14. The highest BCUT2D eigenvalue weighted by Crippen LogP contribution is 1.94. The van der Waals surface area contributed by atoms with Crippen molar-refractivity contribution in [2.75, 3.05) is 25.7 Å². The number of sulfone groups is 1. The van der Waals surface area contributed by atoms with Gasteiger partial charge in [0.2, 0.25) is 5.91 Å². The highest BCUT2D eigenvalue weighted by molar-refractivity contribution is 7.90. The molecule has 0 aromatic carbocycles. The van der Waals surface area contributed by atoms with Crippen molar-refractivity contribution in [3.63, 3.8) is 0 Å². The molecule has 0 saturated carbocycles. The molecule has 0 fully saturated rings. The Bertz CT molecular complexity index is 315. The minimum Gasteiger partial charge on any atom is -0.380 e. The van der Waals surface area contributed by atoms with Gasteiger partial charge in [-0.1, -0.05) is 0 Å². The van der Waals surface area contributed by atoms with Crippen molar-refractivity contribution in [1.29, 1.82) is 0 Å². The largest absolute Gasteiger partial charge is 0.380 e. The number of ether oxygens (including phenoxy) is 1. The molecule has 7 heteroatoms. The Morgan fingerprint density at radius 3 is 2.50 bits per heavy atom. The van der Waals surface area contributed by atoms with E-state index in [9.17, 15) is 13.2 Å². The number of carbonyl (C=O) groups is 1. The summed E-state index contributed by atoms with van der Waals surface area (Å²) in [4.78, 5) is 11.4. The van der Waals surface area contributed by atoms with Gasteiger partial charge in [-0.25, -0.2) is 8.42 Å². The SMILES string of the molecule is COC(C)CNC(=O)C(N)CCS(C)(=O)=O. The summed E-state index contributed by atoms with van der Waals surface area (Å²) in [5, 5.41) is 2.59. The van der Waals surface area contributed by atoms with Crippen LogP contribution in [0.25, 0.3) is 0 Å². The molecule has 2 unspecified atom stereocenters. The molecule has 2 atom stereocenters. The standard InChI is InChI=1S/C9H20N2O4S/c1-7(15-2)6-11-9(12)8(10)4-5-16(3,13)14/h7-8H,4-6,10H2,1-3H3,(H,11,12). The zero-order chi connectivity index (χ0) is 12.8. The average Bonchev–Trinajstić information content (AvgIpc) is 2.20.